The Morgan fingerprint density at radius 1 is 1.38 bits per heavy atom. The van der Waals surface area contributed by atoms with Gasteiger partial charge in [0.25, 0.3) is 5.91 Å². The minimum absolute atomic E-state index is 0.114. The zero-order chi connectivity index (χ0) is 15.2. The number of carbonyl (C=O) groups is 2. The minimum Gasteiger partial charge on any atom is -0.494 e. The van der Waals surface area contributed by atoms with Crippen molar-refractivity contribution in [2.45, 2.75) is 31.7 Å². The summed E-state index contributed by atoms with van der Waals surface area (Å²) in [5, 5.41) is 0. The highest BCUT2D eigenvalue weighted by Crippen LogP contribution is 2.25. The maximum atomic E-state index is 12.7. The molecule has 0 saturated carbocycles. The van der Waals surface area contributed by atoms with Crippen LogP contribution >= 0.6 is 0 Å². The summed E-state index contributed by atoms with van der Waals surface area (Å²) in [7, 11) is 2.87. The number of carbonyl (C=O) groups excluding carboxylic acids is 2. The van der Waals surface area contributed by atoms with Crippen LogP contribution in [0.4, 0.5) is 0 Å². The number of ether oxygens (including phenoxy) is 2. The molecular weight excluding hydrogens is 272 g/mol. The molecule has 1 aliphatic rings. The van der Waals surface area contributed by atoms with Gasteiger partial charge in [-0.3, -0.25) is 14.6 Å². The maximum Gasteiger partial charge on any atom is 0.307 e. The van der Waals surface area contributed by atoms with Crippen LogP contribution in [0.1, 0.15) is 36.0 Å². The summed E-state index contributed by atoms with van der Waals surface area (Å²) in [4.78, 5) is 29.9. The Morgan fingerprint density at radius 3 is 2.90 bits per heavy atom. The molecule has 0 bridgehead atoms. The first-order valence-electron chi connectivity index (χ1n) is 7.03. The molecule has 6 nitrogen and oxygen atoms in total. The Balaban J connectivity index is 2.20. The second-order valence-corrected chi connectivity index (χ2v) is 5.00. The lowest BCUT2D eigenvalue weighted by atomic mass is 9.98. The van der Waals surface area contributed by atoms with Crippen molar-refractivity contribution in [2.75, 3.05) is 20.8 Å². The van der Waals surface area contributed by atoms with E-state index in [1.165, 1.54) is 20.4 Å². The molecule has 1 amide bonds. The second-order valence-electron chi connectivity index (χ2n) is 5.00. The largest absolute Gasteiger partial charge is 0.494 e. The molecule has 1 aromatic heterocycles. The van der Waals surface area contributed by atoms with Crippen LogP contribution in [0.25, 0.3) is 0 Å². The van der Waals surface area contributed by atoms with Crippen molar-refractivity contribution in [2.24, 2.45) is 0 Å². The lowest BCUT2D eigenvalue weighted by Gasteiger charge is -2.35. The molecule has 6 heteroatoms. The van der Waals surface area contributed by atoms with Crippen LogP contribution in [0.2, 0.25) is 0 Å². The lowest BCUT2D eigenvalue weighted by Crippen LogP contribution is -2.45. The molecule has 0 spiro atoms. The van der Waals surface area contributed by atoms with Gasteiger partial charge in [0.1, 0.15) is 5.75 Å². The van der Waals surface area contributed by atoms with Crippen LogP contribution in [-0.4, -0.2) is 48.6 Å². The van der Waals surface area contributed by atoms with Crippen molar-refractivity contribution in [1.82, 2.24) is 9.88 Å². The molecule has 2 rings (SSSR count). The van der Waals surface area contributed by atoms with Crippen LogP contribution in [0.15, 0.2) is 18.5 Å². The van der Waals surface area contributed by atoms with Gasteiger partial charge in [-0.05, 0) is 25.3 Å². The van der Waals surface area contributed by atoms with Crippen LogP contribution in [0.5, 0.6) is 5.75 Å². The number of piperidine rings is 1. The summed E-state index contributed by atoms with van der Waals surface area (Å²) in [6.45, 7) is 0.645. The topological polar surface area (TPSA) is 68.7 Å². The number of likely N-dealkylation sites (tertiary alicyclic amines) is 1. The first-order valence-corrected chi connectivity index (χ1v) is 7.03. The van der Waals surface area contributed by atoms with Crippen molar-refractivity contribution in [3.63, 3.8) is 0 Å². The molecule has 1 saturated heterocycles. The van der Waals surface area contributed by atoms with Crippen LogP contribution in [-0.2, 0) is 9.53 Å². The predicted molar refractivity (Wildman–Crippen MR) is 76.1 cm³/mol. The molecule has 21 heavy (non-hydrogen) atoms. The second kappa shape index (κ2) is 7.06. The highest BCUT2D eigenvalue weighted by atomic mass is 16.5. The van der Waals surface area contributed by atoms with Crippen molar-refractivity contribution < 1.29 is 19.1 Å². The Kier molecular flexibility index (Phi) is 5.14. The van der Waals surface area contributed by atoms with Gasteiger partial charge in [0.05, 0.1) is 32.4 Å². The third-order valence-electron chi connectivity index (χ3n) is 3.75. The fourth-order valence-corrected chi connectivity index (χ4v) is 2.63. The van der Waals surface area contributed by atoms with E-state index in [0.29, 0.717) is 17.9 Å². The third-order valence-corrected chi connectivity index (χ3v) is 3.75. The van der Waals surface area contributed by atoms with Crippen molar-refractivity contribution in [3.05, 3.63) is 24.0 Å². The molecule has 114 valence electrons. The number of aromatic nitrogens is 1. The number of amides is 1. The number of pyridine rings is 1. The highest BCUT2D eigenvalue weighted by Gasteiger charge is 2.30. The van der Waals surface area contributed by atoms with E-state index in [1.807, 2.05) is 0 Å². The summed E-state index contributed by atoms with van der Waals surface area (Å²) >= 11 is 0. The molecule has 1 aromatic rings. The Bertz CT molecular complexity index is 518. The van der Waals surface area contributed by atoms with Gasteiger partial charge in [-0.15, -0.1) is 0 Å². The van der Waals surface area contributed by atoms with Gasteiger partial charge >= 0.3 is 5.97 Å². The van der Waals surface area contributed by atoms with Crippen molar-refractivity contribution >= 4 is 11.9 Å². The molecule has 1 unspecified atom stereocenters. The van der Waals surface area contributed by atoms with Crippen molar-refractivity contribution in [3.8, 4) is 5.75 Å². The first-order chi connectivity index (χ1) is 10.2. The van der Waals surface area contributed by atoms with Gasteiger partial charge in [-0.25, -0.2) is 0 Å². The zero-order valence-electron chi connectivity index (χ0n) is 12.4. The van der Waals surface area contributed by atoms with E-state index in [4.69, 9.17) is 9.47 Å². The summed E-state index contributed by atoms with van der Waals surface area (Å²) < 4.78 is 9.91. The van der Waals surface area contributed by atoms with E-state index in [-0.39, 0.29) is 24.3 Å². The number of methoxy groups -OCH3 is 2. The quantitative estimate of drug-likeness (QED) is 0.789. The Hall–Kier alpha value is -2.11. The number of nitrogens with zero attached hydrogens (tertiary/aromatic N) is 2. The average molecular weight is 292 g/mol. The van der Waals surface area contributed by atoms with Gasteiger partial charge in [-0.1, -0.05) is 0 Å². The van der Waals surface area contributed by atoms with Gasteiger partial charge in [0.15, 0.2) is 0 Å². The highest BCUT2D eigenvalue weighted by molar-refractivity contribution is 5.97. The van der Waals surface area contributed by atoms with E-state index >= 15 is 0 Å². The molecule has 2 heterocycles. The number of esters is 1. The fourth-order valence-electron chi connectivity index (χ4n) is 2.63. The van der Waals surface area contributed by atoms with Crippen LogP contribution in [0.3, 0.4) is 0 Å². The van der Waals surface area contributed by atoms with E-state index in [9.17, 15) is 9.59 Å². The monoisotopic (exact) mass is 292 g/mol. The van der Waals surface area contributed by atoms with E-state index in [0.717, 1.165) is 19.3 Å². The molecule has 0 aliphatic carbocycles. The van der Waals surface area contributed by atoms with Crippen LogP contribution in [0, 0.1) is 0 Å². The summed E-state index contributed by atoms with van der Waals surface area (Å²) in [6.07, 6.45) is 6.08. The van der Waals surface area contributed by atoms with Crippen LogP contribution < -0.4 is 4.74 Å². The van der Waals surface area contributed by atoms with E-state index < -0.39 is 0 Å². The molecule has 0 aromatic carbocycles. The summed E-state index contributed by atoms with van der Waals surface area (Å²) in [5.74, 6) is 0.0362. The fraction of sp³-hybridized carbons (Fsp3) is 0.533. The molecule has 0 N–H and O–H groups in total. The smallest absolute Gasteiger partial charge is 0.307 e. The summed E-state index contributed by atoms with van der Waals surface area (Å²) in [6, 6.07) is 1.53. The zero-order valence-corrected chi connectivity index (χ0v) is 12.4. The van der Waals surface area contributed by atoms with Gasteiger partial charge in [0, 0.05) is 18.8 Å². The number of rotatable bonds is 4. The Labute approximate surface area is 124 Å². The average Bonchev–Trinajstić information content (AvgIpc) is 2.54. The third kappa shape index (κ3) is 3.51. The standard InChI is InChI=1S/C15H20N2O4/c1-20-13-10-16-7-6-12(13)15(19)17-8-4-3-5-11(17)9-14(18)21-2/h6-7,10-11H,3-5,8-9H2,1-2H3. The Morgan fingerprint density at radius 2 is 2.19 bits per heavy atom. The van der Waals surface area contributed by atoms with Gasteiger partial charge < -0.3 is 14.4 Å². The van der Waals surface area contributed by atoms with Crippen molar-refractivity contribution in [1.29, 1.82) is 0 Å². The number of hydrogen-bond donors (Lipinski definition) is 0. The normalized spacial score (nSPS) is 18.2. The summed E-state index contributed by atoms with van der Waals surface area (Å²) in [5.41, 5.74) is 0.476. The molecular formula is C15H20N2O4. The minimum atomic E-state index is -0.290. The number of hydrogen-bond acceptors (Lipinski definition) is 5. The first kappa shape index (κ1) is 15.3. The lowest BCUT2D eigenvalue weighted by molar-refractivity contribution is -0.142. The van der Waals surface area contributed by atoms with Gasteiger partial charge in [0.2, 0.25) is 0 Å². The maximum absolute atomic E-state index is 12.7. The molecule has 1 fully saturated rings. The molecule has 1 aliphatic heterocycles. The SMILES string of the molecule is COC(=O)CC1CCCCN1C(=O)c1ccncc1OC. The molecule has 0 radical (unpaired) electrons. The van der Waals surface area contributed by atoms with E-state index in [1.54, 1.807) is 17.2 Å². The van der Waals surface area contributed by atoms with Gasteiger partial charge in [-0.2, -0.15) is 0 Å². The molecule has 1 atom stereocenters. The van der Waals surface area contributed by atoms with E-state index in [2.05, 4.69) is 4.98 Å². The predicted octanol–water partition coefficient (Wildman–Crippen LogP) is 1.65.